The zero-order chi connectivity index (χ0) is 14.8. The van der Waals surface area contributed by atoms with Crippen LogP contribution in [0, 0.1) is 0 Å². The fraction of sp³-hybridized carbons (Fsp3) is 0.385. The summed E-state index contributed by atoms with van der Waals surface area (Å²) in [5.41, 5.74) is 1.58. The predicted octanol–water partition coefficient (Wildman–Crippen LogP) is 3.72. The predicted molar refractivity (Wildman–Crippen MR) is 72.3 cm³/mol. The minimum atomic E-state index is -4.40. The van der Waals surface area contributed by atoms with Crippen LogP contribution in [0.2, 0.25) is 0 Å². The highest BCUT2D eigenvalue weighted by atomic mass is 32.1. The molecule has 0 atom stereocenters. The van der Waals surface area contributed by atoms with Gasteiger partial charge in [-0.3, -0.25) is 4.98 Å². The molecule has 7 heteroatoms. The first-order chi connectivity index (χ1) is 9.36. The van der Waals surface area contributed by atoms with Crippen molar-refractivity contribution in [2.75, 3.05) is 0 Å². The molecule has 2 rings (SSSR count). The lowest BCUT2D eigenvalue weighted by molar-refractivity contribution is -0.137. The number of aromatic nitrogens is 2. The molecule has 2 aromatic heterocycles. The largest absolute Gasteiger partial charge is 0.443 e. The summed E-state index contributed by atoms with van der Waals surface area (Å²) in [5.74, 6) is 0. The van der Waals surface area contributed by atoms with Gasteiger partial charge in [-0.1, -0.05) is 13.8 Å². The zero-order valence-electron chi connectivity index (χ0n) is 11.0. The summed E-state index contributed by atoms with van der Waals surface area (Å²) in [6, 6.07) is 2.16. The molecule has 0 bridgehead atoms. The third-order valence-electron chi connectivity index (χ3n) is 2.54. The number of hydrogen-bond acceptors (Lipinski definition) is 4. The van der Waals surface area contributed by atoms with E-state index in [1.54, 1.807) is 12.4 Å². The fourth-order valence-corrected chi connectivity index (χ4v) is 2.34. The fourth-order valence-electron chi connectivity index (χ4n) is 1.58. The second-order valence-electron chi connectivity index (χ2n) is 4.64. The molecule has 0 saturated carbocycles. The number of hydrogen-bond donors (Lipinski definition) is 1. The number of thiazole rings is 1. The standard InChI is InChI=1S/C13H14F3N3S/c1-8(2)18-5-9-3-10(6-17-4-9)11-7-19-12(20-11)13(14,15)16/h3-4,6-8,18H,5H2,1-2H3. The average molecular weight is 301 g/mol. The van der Waals surface area contributed by atoms with E-state index in [1.807, 2.05) is 19.9 Å². The molecule has 0 aromatic carbocycles. The van der Waals surface area contributed by atoms with Gasteiger partial charge < -0.3 is 5.32 Å². The summed E-state index contributed by atoms with van der Waals surface area (Å²) >= 11 is 0.629. The number of pyridine rings is 1. The van der Waals surface area contributed by atoms with Gasteiger partial charge in [0.1, 0.15) is 0 Å². The second-order valence-corrected chi connectivity index (χ2v) is 5.68. The van der Waals surface area contributed by atoms with E-state index < -0.39 is 11.2 Å². The minimum absolute atomic E-state index is 0.332. The summed E-state index contributed by atoms with van der Waals surface area (Å²) in [7, 11) is 0. The highest BCUT2D eigenvalue weighted by Gasteiger charge is 2.34. The summed E-state index contributed by atoms with van der Waals surface area (Å²) in [4.78, 5) is 7.95. The van der Waals surface area contributed by atoms with E-state index in [9.17, 15) is 13.2 Å². The number of alkyl halides is 3. The van der Waals surface area contributed by atoms with Crippen LogP contribution in [-0.4, -0.2) is 16.0 Å². The molecule has 0 unspecified atom stereocenters. The van der Waals surface area contributed by atoms with Gasteiger partial charge in [0.15, 0.2) is 5.01 Å². The van der Waals surface area contributed by atoms with Crippen LogP contribution >= 0.6 is 11.3 Å². The van der Waals surface area contributed by atoms with Crippen LogP contribution in [0.4, 0.5) is 13.2 Å². The quantitative estimate of drug-likeness (QED) is 0.935. The van der Waals surface area contributed by atoms with Crippen LogP contribution in [0.3, 0.4) is 0 Å². The van der Waals surface area contributed by atoms with Crippen molar-refractivity contribution in [2.45, 2.75) is 32.6 Å². The monoisotopic (exact) mass is 301 g/mol. The van der Waals surface area contributed by atoms with E-state index in [4.69, 9.17) is 0 Å². The van der Waals surface area contributed by atoms with Crippen molar-refractivity contribution in [2.24, 2.45) is 0 Å². The Kier molecular flexibility index (Phi) is 4.39. The maximum absolute atomic E-state index is 12.5. The molecule has 20 heavy (non-hydrogen) atoms. The molecule has 3 nitrogen and oxygen atoms in total. The van der Waals surface area contributed by atoms with Crippen LogP contribution in [0.1, 0.15) is 24.4 Å². The second kappa shape index (κ2) is 5.88. The Bertz CT molecular complexity index is 578. The van der Waals surface area contributed by atoms with Crippen molar-refractivity contribution in [3.05, 3.63) is 35.2 Å². The zero-order valence-corrected chi connectivity index (χ0v) is 11.8. The summed E-state index contributed by atoms with van der Waals surface area (Å²) in [6.07, 6.45) is 0.0917. The Labute approximate surface area is 118 Å². The van der Waals surface area contributed by atoms with Gasteiger partial charge in [0.25, 0.3) is 0 Å². The SMILES string of the molecule is CC(C)NCc1cncc(-c2cnc(C(F)(F)F)s2)c1. The van der Waals surface area contributed by atoms with Gasteiger partial charge in [0.2, 0.25) is 0 Å². The molecule has 0 spiro atoms. The molecule has 2 aromatic rings. The first kappa shape index (κ1) is 14.9. The molecular weight excluding hydrogens is 287 g/mol. The minimum Gasteiger partial charge on any atom is -0.310 e. The summed E-state index contributed by atoms with van der Waals surface area (Å²) in [5, 5.41) is 2.40. The van der Waals surface area contributed by atoms with Gasteiger partial charge in [-0.15, -0.1) is 11.3 Å². The third-order valence-corrected chi connectivity index (χ3v) is 3.63. The van der Waals surface area contributed by atoms with Crippen LogP contribution in [0.25, 0.3) is 10.4 Å². The van der Waals surface area contributed by atoms with E-state index in [0.717, 1.165) is 5.56 Å². The topological polar surface area (TPSA) is 37.8 Å². The van der Waals surface area contributed by atoms with E-state index >= 15 is 0 Å². The Balaban J connectivity index is 2.20. The Morgan fingerprint density at radius 3 is 2.60 bits per heavy atom. The van der Waals surface area contributed by atoms with E-state index in [-0.39, 0.29) is 0 Å². The van der Waals surface area contributed by atoms with Crippen molar-refractivity contribution in [3.63, 3.8) is 0 Å². The molecular formula is C13H14F3N3S. The Hall–Kier alpha value is -1.47. The first-order valence-corrected chi connectivity index (χ1v) is 6.88. The molecule has 0 aliphatic carbocycles. The van der Waals surface area contributed by atoms with Crippen molar-refractivity contribution < 1.29 is 13.2 Å². The maximum atomic E-state index is 12.5. The van der Waals surface area contributed by atoms with Gasteiger partial charge in [0, 0.05) is 36.7 Å². The molecule has 0 amide bonds. The molecule has 0 saturated heterocycles. The van der Waals surface area contributed by atoms with Crippen LogP contribution in [0.5, 0.6) is 0 Å². The highest BCUT2D eigenvalue weighted by Crippen LogP contribution is 2.36. The van der Waals surface area contributed by atoms with E-state index in [2.05, 4.69) is 15.3 Å². The number of nitrogens with one attached hydrogen (secondary N) is 1. The van der Waals surface area contributed by atoms with Crippen molar-refractivity contribution >= 4 is 11.3 Å². The van der Waals surface area contributed by atoms with Crippen molar-refractivity contribution in [1.82, 2.24) is 15.3 Å². The average Bonchev–Trinajstić information content (AvgIpc) is 2.86. The third kappa shape index (κ3) is 3.77. The van der Waals surface area contributed by atoms with Crippen LogP contribution < -0.4 is 5.32 Å². The van der Waals surface area contributed by atoms with Gasteiger partial charge in [-0.25, -0.2) is 4.98 Å². The number of halogens is 3. The molecule has 2 heterocycles. The number of rotatable bonds is 4. The van der Waals surface area contributed by atoms with Crippen LogP contribution in [0.15, 0.2) is 24.7 Å². The van der Waals surface area contributed by atoms with Crippen molar-refractivity contribution in [3.8, 4) is 10.4 Å². The van der Waals surface area contributed by atoms with Gasteiger partial charge in [0.05, 0.1) is 4.88 Å². The molecule has 0 aliphatic heterocycles. The lowest BCUT2D eigenvalue weighted by Crippen LogP contribution is -2.21. The smallest absolute Gasteiger partial charge is 0.310 e. The summed E-state index contributed by atoms with van der Waals surface area (Å²) in [6.45, 7) is 4.68. The van der Waals surface area contributed by atoms with Crippen molar-refractivity contribution in [1.29, 1.82) is 0 Å². The van der Waals surface area contributed by atoms with Gasteiger partial charge >= 0.3 is 6.18 Å². The lowest BCUT2D eigenvalue weighted by Gasteiger charge is -2.08. The molecule has 0 radical (unpaired) electrons. The Morgan fingerprint density at radius 1 is 1.25 bits per heavy atom. The molecule has 0 aliphatic rings. The molecule has 0 fully saturated rings. The van der Waals surface area contributed by atoms with E-state index in [0.29, 0.717) is 34.4 Å². The maximum Gasteiger partial charge on any atom is 0.443 e. The normalized spacial score (nSPS) is 12.1. The summed E-state index contributed by atoms with van der Waals surface area (Å²) < 4.78 is 37.6. The van der Waals surface area contributed by atoms with Gasteiger partial charge in [-0.05, 0) is 11.6 Å². The molecule has 1 N–H and O–H groups in total. The number of nitrogens with zero attached hydrogens (tertiary/aromatic N) is 2. The van der Waals surface area contributed by atoms with Gasteiger partial charge in [-0.2, -0.15) is 13.2 Å². The Morgan fingerprint density at radius 2 is 2.00 bits per heavy atom. The first-order valence-electron chi connectivity index (χ1n) is 6.07. The van der Waals surface area contributed by atoms with Crippen LogP contribution in [-0.2, 0) is 12.7 Å². The lowest BCUT2D eigenvalue weighted by atomic mass is 10.2. The highest BCUT2D eigenvalue weighted by molar-refractivity contribution is 7.15. The molecule has 108 valence electrons. The van der Waals surface area contributed by atoms with E-state index in [1.165, 1.54) is 6.20 Å².